The van der Waals surface area contributed by atoms with E-state index in [0.717, 1.165) is 24.7 Å². The summed E-state index contributed by atoms with van der Waals surface area (Å²) in [6, 6.07) is 5.25. The standard InChI is InChI=1S/C16H23ClFN/c1-16(2,3)12-7-9-19(10-8-12)15-6-4-5-14(18)13(15)11-17/h4-6,12H,7-11H2,1-3H3. The number of piperidine rings is 1. The average molecular weight is 284 g/mol. The Hall–Kier alpha value is -0.760. The number of nitrogens with zero attached hydrogens (tertiary/aromatic N) is 1. The largest absolute Gasteiger partial charge is 0.371 e. The summed E-state index contributed by atoms with van der Waals surface area (Å²) in [5.41, 5.74) is 1.98. The molecule has 0 unspecified atom stereocenters. The summed E-state index contributed by atoms with van der Waals surface area (Å²) in [6.45, 7) is 8.91. The van der Waals surface area contributed by atoms with Crippen molar-refractivity contribution in [2.45, 2.75) is 39.5 Å². The number of halogens is 2. The molecular weight excluding hydrogens is 261 g/mol. The molecule has 19 heavy (non-hydrogen) atoms. The molecule has 0 aliphatic carbocycles. The molecule has 1 saturated heterocycles. The van der Waals surface area contributed by atoms with Gasteiger partial charge < -0.3 is 4.90 Å². The van der Waals surface area contributed by atoms with Gasteiger partial charge in [0.2, 0.25) is 0 Å². The van der Waals surface area contributed by atoms with E-state index in [1.807, 2.05) is 6.07 Å². The van der Waals surface area contributed by atoms with Crippen LogP contribution in [0, 0.1) is 17.2 Å². The monoisotopic (exact) mass is 283 g/mol. The third-order valence-electron chi connectivity index (χ3n) is 4.29. The van der Waals surface area contributed by atoms with Gasteiger partial charge in [0.15, 0.2) is 0 Å². The fourth-order valence-corrected chi connectivity index (χ4v) is 3.23. The summed E-state index contributed by atoms with van der Waals surface area (Å²) >= 11 is 5.89. The smallest absolute Gasteiger partial charge is 0.129 e. The minimum absolute atomic E-state index is 0.189. The number of hydrogen-bond donors (Lipinski definition) is 0. The van der Waals surface area contributed by atoms with Gasteiger partial charge in [0.1, 0.15) is 5.82 Å². The quantitative estimate of drug-likeness (QED) is 0.703. The maximum absolute atomic E-state index is 13.8. The van der Waals surface area contributed by atoms with E-state index < -0.39 is 0 Å². The second-order valence-corrected chi connectivity index (χ2v) is 6.77. The third kappa shape index (κ3) is 3.22. The first-order valence-corrected chi connectivity index (χ1v) is 7.55. The van der Waals surface area contributed by atoms with Crippen molar-refractivity contribution in [1.82, 2.24) is 0 Å². The van der Waals surface area contributed by atoms with Crippen LogP contribution in [0.4, 0.5) is 10.1 Å². The Bertz CT molecular complexity index is 431. The molecular formula is C16H23ClFN. The maximum Gasteiger partial charge on any atom is 0.129 e. The molecule has 1 aromatic rings. The van der Waals surface area contributed by atoms with Gasteiger partial charge in [-0.3, -0.25) is 0 Å². The molecule has 1 fully saturated rings. The van der Waals surface area contributed by atoms with Crippen LogP contribution in [0.15, 0.2) is 18.2 Å². The molecule has 0 radical (unpaired) electrons. The molecule has 106 valence electrons. The van der Waals surface area contributed by atoms with E-state index in [4.69, 9.17) is 11.6 Å². The van der Waals surface area contributed by atoms with Crippen LogP contribution in [-0.4, -0.2) is 13.1 Å². The highest BCUT2D eigenvalue weighted by Crippen LogP contribution is 2.36. The Morgan fingerprint density at radius 1 is 1.26 bits per heavy atom. The van der Waals surface area contributed by atoms with Gasteiger partial charge >= 0.3 is 0 Å². The Labute approximate surface area is 120 Å². The molecule has 1 nitrogen and oxygen atoms in total. The lowest BCUT2D eigenvalue weighted by molar-refractivity contribution is 0.199. The molecule has 0 spiro atoms. The van der Waals surface area contributed by atoms with E-state index in [1.54, 1.807) is 6.07 Å². The van der Waals surface area contributed by atoms with Crippen LogP contribution in [-0.2, 0) is 5.88 Å². The summed E-state index contributed by atoms with van der Waals surface area (Å²) < 4.78 is 13.8. The van der Waals surface area contributed by atoms with Crippen LogP contribution in [0.1, 0.15) is 39.2 Å². The summed E-state index contributed by atoms with van der Waals surface area (Å²) in [4.78, 5) is 2.28. The van der Waals surface area contributed by atoms with Crippen molar-refractivity contribution in [3.05, 3.63) is 29.6 Å². The normalized spacial score (nSPS) is 17.8. The molecule has 0 saturated carbocycles. The van der Waals surface area contributed by atoms with E-state index in [0.29, 0.717) is 11.0 Å². The molecule has 0 N–H and O–H groups in total. The van der Waals surface area contributed by atoms with Gasteiger partial charge in [-0.15, -0.1) is 11.6 Å². The van der Waals surface area contributed by atoms with Gasteiger partial charge in [0.25, 0.3) is 0 Å². The van der Waals surface area contributed by atoms with Crippen LogP contribution < -0.4 is 4.90 Å². The summed E-state index contributed by atoms with van der Waals surface area (Å²) in [5.74, 6) is 0.795. The topological polar surface area (TPSA) is 3.24 Å². The number of rotatable bonds is 2. The average Bonchev–Trinajstić information content (AvgIpc) is 2.37. The van der Waals surface area contributed by atoms with E-state index in [1.165, 1.54) is 18.9 Å². The second kappa shape index (κ2) is 5.70. The fourth-order valence-electron chi connectivity index (χ4n) is 2.96. The van der Waals surface area contributed by atoms with Gasteiger partial charge in [0, 0.05) is 24.3 Å². The molecule has 0 bridgehead atoms. The third-order valence-corrected chi connectivity index (χ3v) is 4.56. The first kappa shape index (κ1) is 14.6. The van der Waals surface area contributed by atoms with Crippen LogP contribution in [0.5, 0.6) is 0 Å². The van der Waals surface area contributed by atoms with Crippen LogP contribution in [0.2, 0.25) is 0 Å². The second-order valence-electron chi connectivity index (χ2n) is 6.50. The first-order chi connectivity index (χ1) is 8.93. The van der Waals surface area contributed by atoms with Crippen LogP contribution >= 0.6 is 11.6 Å². The highest BCUT2D eigenvalue weighted by molar-refractivity contribution is 6.17. The Kier molecular flexibility index (Phi) is 4.39. The lowest BCUT2D eigenvalue weighted by atomic mass is 9.75. The molecule has 0 atom stereocenters. The Balaban J connectivity index is 2.12. The zero-order valence-corrected chi connectivity index (χ0v) is 12.8. The molecule has 2 rings (SSSR count). The maximum atomic E-state index is 13.8. The lowest BCUT2D eigenvalue weighted by Gasteiger charge is -2.40. The SMILES string of the molecule is CC(C)(C)C1CCN(c2cccc(F)c2CCl)CC1. The number of alkyl halides is 1. The number of anilines is 1. The van der Waals surface area contributed by atoms with E-state index >= 15 is 0 Å². The predicted molar refractivity (Wildman–Crippen MR) is 80.3 cm³/mol. The molecule has 3 heteroatoms. The van der Waals surface area contributed by atoms with Crippen molar-refractivity contribution in [3.8, 4) is 0 Å². The molecule has 0 aromatic heterocycles. The van der Waals surface area contributed by atoms with Crippen molar-refractivity contribution in [3.63, 3.8) is 0 Å². The Morgan fingerprint density at radius 2 is 1.89 bits per heavy atom. The van der Waals surface area contributed by atoms with Gasteiger partial charge in [0.05, 0.1) is 5.88 Å². The van der Waals surface area contributed by atoms with Crippen molar-refractivity contribution in [2.24, 2.45) is 11.3 Å². The van der Waals surface area contributed by atoms with Crippen molar-refractivity contribution >= 4 is 17.3 Å². The number of benzene rings is 1. The highest BCUT2D eigenvalue weighted by Gasteiger charge is 2.29. The molecule has 0 amide bonds. The van der Waals surface area contributed by atoms with Gasteiger partial charge in [-0.1, -0.05) is 26.8 Å². The van der Waals surface area contributed by atoms with E-state index in [-0.39, 0.29) is 11.7 Å². The summed E-state index contributed by atoms with van der Waals surface area (Å²) in [6.07, 6.45) is 2.34. The summed E-state index contributed by atoms with van der Waals surface area (Å²) in [5, 5.41) is 0. The zero-order chi connectivity index (χ0) is 14.0. The van der Waals surface area contributed by atoms with Gasteiger partial charge in [-0.05, 0) is 36.3 Å². The fraction of sp³-hybridized carbons (Fsp3) is 0.625. The molecule has 1 aromatic carbocycles. The van der Waals surface area contributed by atoms with Crippen LogP contribution in [0.3, 0.4) is 0 Å². The molecule has 1 aliphatic heterocycles. The van der Waals surface area contributed by atoms with Crippen molar-refractivity contribution in [2.75, 3.05) is 18.0 Å². The molecule has 1 aliphatic rings. The first-order valence-electron chi connectivity index (χ1n) is 7.02. The zero-order valence-electron chi connectivity index (χ0n) is 12.0. The Morgan fingerprint density at radius 3 is 2.42 bits per heavy atom. The highest BCUT2D eigenvalue weighted by atomic mass is 35.5. The van der Waals surface area contributed by atoms with Crippen molar-refractivity contribution < 1.29 is 4.39 Å². The van der Waals surface area contributed by atoms with Crippen LogP contribution in [0.25, 0.3) is 0 Å². The number of hydrogen-bond acceptors (Lipinski definition) is 1. The minimum atomic E-state index is -0.189. The lowest BCUT2D eigenvalue weighted by Crippen LogP contribution is -2.38. The summed E-state index contributed by atoms with van der Waals surface area (Å²) in [7, 11) is 0. The van der Waals surface area contributed by atoms with E-state index in [9.17, 15) is 4.39 Å². The minimum Gasteiger partial charge on any atom is -0.371 e. The van der Waals surface area contributed by atoms with Gasteiger partial charge in [-0.25, -0.2) is 4.39 Å². The van der Waals surface area contributed by atoms with Crippen molar-refractivity contribution in [1.29, 1.82) is 0 Å². The van der Waals surface area contributed by atoms with E-state index in [2.05, 4.69) is 25.7 Å². The predicted octanol–water partition coefficient (Wildman–Crippen LogP) is 4.83. The molecule has 1 heterocycles. The van der Waals surface area contributed by atoms with Gasteiger partial charge in [-0.2, -0.15) is 0 Å².